The number of aromatic nitrogens is 1. The van der Waals surface area contributed by atoms with Crippen LogP contribution in [0.1, 0.15) is 23.0 Å². The molecule has 0 spiro atoms. The van der Waals surface area contributed by atoms with Crippen LogP contribution in [0.4, 0.5) is 11.4 Å². The molecule has 2 aromatic rings. The average Bonchev–Trinajstić information content (AvgIpc) is 2.89. The number of nitrogens with two attached hydrogens (primary N) is 1. The standard InChI is InChI=1S/C13H16N4O2/c1-2-15-13(18)11-4-3-9(14)7-12(11)16-8-10-5-6-17-19-10/h3-7,16H,2,8,14H2,1H3,(H,15,18). The number of carbonyl (C=O) groups is 1. The lowest BCUT2D eigenvalue weighted by atomic mass is 10.1. The molecule has 0 fully saturated rings. The summed E-state index contributed by atoms with van der Waals surface area (Å²) in [4.78, 5) is 11.9. The van der Waals surface area contributed by atoms with E-state index in [1.807, 2.05) is 6.92 Å². The molecule has 0 aliphatic heterocycles. The van der Waals surface area contributed by atoms with Gasteiger partial charge in [-0.25, -0.2) is 0 Å². The van der Waals surface area contributed by atoms with E-state index in [2.05, 4.69) is 15.8 Å². The van der Waals surface area contributed by atoms with Gasteiger partial charge in [0, 0.05) is 24.0 Å². The Bertz CT molecular complexity index is 552. The molecule has 6 heteroatoms. The summed E-state index contributed by atoms with van der Waals surface area (Å²) in [6.45, 7) is 2.89. The summed E-state index contributed by atoms with van der Waals surface area (Å²) >= 11 is 0. The van der Waals surface area contributed by atoms with E-state index < -0.39 is 0 Å². The van der Waals surface area contributed by atoms with Gasteiger partial charge in [-0.15, -0.1) is 0 Å². The molecule has 0 radical (unpaired) electrons. The Labute approximate surface area is 111 Å². The van der Waals surface area contributed by atoms with Gasteiger partial charge in [-0.05, 0) is 25.1 Å². The molecule has 6 nitrogen and oxygen atoms in total. The summed E-state index contributed by atoms with van der Waals surface area (Å²) in [6.07, 6.45) is 1.57. The molecule has 1 aromatic carbocycles. The Hall–Kier alpha value is -2.50. The van der Waals surface area contributed by atoms with E-state index in [9.17, 15) is 4.79 Å². The number of nitrogens with one attached hydrogen (secondary N) is 2. The van der Waals surface area contributed by atoms with Gasteiger partial charge in [0.1, 0.15) is 0 Å². The second-order valence-electron chi connectivity index (χ2n) is 4.00. The highest BCUT2D eigenvalue weighted by Crippen LogP contribution is 2.20. The molecule has 0 aliphatic rings. The molecule has 1 amide bonds. The van der Waals surface area contributed by atoms with Crippen molar-refractivity contribution in [3.63, 3.8) is 0 Å². The van der Waals surface area contributed by atoms with Crippen LogP contribution in [-0.4, -0.2) is 17.6 Å². The normalized spacial score (nSPS) is 10.2. The van der Waals surface area contributed by atoms with Gasteiger partial charge in [0.2, 0.25) is 0 Å². The zero-order valence-electron chi connectivity index (χ0n) is 10.6. The minimum Gasteiger partial charge on any atom is -0.399 e. The Morgan fingerprint density at radius 3 is 2.95 bits per heavy atom. The molecule has 0 atom stereocenters. The van der Waals surface area contributed by atoms with E-state index in [1.54, 1.807) is 30.5 Å². The van der Waals surface area contributed by atoms with Crippen molar-refractivity contribution in [2.24, 2.45) is 0 Å². The minimum absolute atomic E-state index is 0.137. The molecule has 1 heterocycles. The highest BCUT2D eigenvalue weighted by Gasteiger charge is 2.11. The Morgan fingerprint density at radius 1 is 1.42 bits per heavy atom. The number of nitrogens with zero attached hydrogens (tertiary/aromatic N) is 1. The molecule has 1 aromatic heterocycles. The topological polar surface area (TPSA) is 93.2 Å². The SMILES string of the molecule is CCNC(=O)c1ccc(N)cc1NCc1ccno1. The molecule has 0 saturated carbocycles. The lowest BCUT2D eigenvalue weighted by Gasteiger charge is -2.11. The molecular weight excluding hydrogens is 244 g/mol. The first-order chi connectivity index (χ1) is 9.20. The van der Waals surface area contributed by atoms with Gasteiger partial charge in [-0.2, -0.15) is 0 Å². The van der Waals surface area contributed by atoms with Crippen molar-refractivity contribution in [3.05, 3.63) is 41.8 Å². The number of benzene rings is 1. The van der Waals surface area contributed by atoms with Gasteiger partial charge in [-0.1, -0.05) is 5.16 Å². The van der Waals surface area contributed by atoms with Gasteiger partial charge in [0.15, 0.2) is 5.76 Å². The maximum Gasteiger partial charge on any atom is 0.253 e. The average molecular weight is 260 g/mol. The van der Waals surface area contributed by atoms with E-state index in [4.69, 9.17) is 10.3 Å². The number of hydrogen-bond donors (Lipinski definition) is 3. The van der Waals surface area contributed by atoms with Crippen molar-refractivity contribution in [2.45, 2.75) is 13.5 Å². The predicted molar refractivity (Wildman–Crippen MR) is 72.7 cm³/mol. The number of rotatable bonds is 5. The predicted octanol–water partition coefficient (Wildman–Crippen LogP) is 1.62. The maximum atomic E-state index is 11.9. The fourth-order valence-electron chi connectivity index (χ4n) is 1.68. The van der Waals surface area contributed by atoms with Crippen molar-refractivity contribution >= 4 is 17.3 Å². The maximum absolute atomic E-state index is 11.9. The Balaban J connectivity index is 2.17. The second-order valence-corrected chi connectivity index (χ2v) is 4.00. The van der Waals surface area contributed by atoms with Crippen LogP contribution < -0.4 is 16.4 Å². The molecular formula is C13H16N4O2. The zero-order valence-corrected chi connectivity index (χ0v) is 10.6. The van der Waals surface area contributed by atoms with Crippen LogP contribution in [0.2, 0.25) is 0 Å². The van der Waals surface area contributed by atoms with Gasteiger partial charge >= 0.3 is 0 Å². The summed E-state index contributed by atoms with van der Waals surface area (Å²) in [5.74, 6) is 0.548. The van der Waals surface area contributed by atoms with E-state index in [1.165, 1.54) is 0 Å². The largest absolute Gasteiger partial charge is 0.399 e. The number of carbonyl (C=O) groups excluding carboxylic acids is 1. The number of nitrogen functional groups attached to an aromatic ring is 1. The molecule has 0 unspecified atom stereocenters. The molecule has 100 valence electrons. The van der Waals surface area contributed by atoms with Crippen LogP contribution in [-0.2, 0) is 6.54 Å². The molecule has 2 rings (SSSR count). The lowest BCUT2D eigenvalue weighted by molar-refractivity contribution is 0.0956. The molecule has 19 heavy (non-hydrogen) atoms. The molecule has 4 N–H and O–H groups in total. The number of anilines is 2. The van der Waals surface area contributed by atoms with Crippen molar-refractivity contribution < 1.29 is 9.32 Å². The van der Waals surface area contributed by atoms with Gasteiger partial charge < -0.3 is 20.9 Å². The Kier molecular flexibility index (Phi) is 4.02. The van der Waals surface area contributed by atoms with Crippen LogP contribution in [0.3, 0.4) is 0 Å². The van der Waals surface area contributed by atoms with E-state index in [0.29, 0.717) is 35.8 Å². The number of amides is 1. The van der Waals surface area contributed by atoms with Gasteiger partial charge in [0.25, 0.3) is 5.91 Å². The third kappa shape index (κ3) is 3.25. The molecule has 0 saturated heterocycles. The van der Waals surface area contributed by atoms with E-state index in [-0.39, 0.29) is 5.91 Å². The van der Waals surface area contributed by atoms with Crippen molar-refractivity contribution in [3.8, 4) is 0 Å². The summed E-state index contributed by atoms with van der Waals surface area (Å²) < 4.78 is 4.99. The lowest BCUT2D eigenvalue weighted by Crippen LogP contribution is -2.23. The zero-order chi connectivity index (χ0) is 13.7. The van der Waals surface area contributed by atoms with E-state index in [0.717, 1.165) is 0 Å². The molecule has 0 bridgehead atoms. The van der Waals surface area contributed by atoms with Gasteiger partial charge in [0.05, 0.1) is 18.3 Å². The second kappa shape index (κ2) is 5.90. The molecule has 0 aliphatic carbocycles. The summed E-state index contributed by atoms with van der Waals surface area (Å²) in [6, 6.07) is 6.87. The Morgan fingerprint density at radius 2 is 2.26 bits per heavy atom. The monoisotopic (exact) mass is 260 g/mol. The van der Waals surface area contributed by atoms with Crippen LogP contribution in [0.5, 0.6) is 0 Å². The third-order valence-electron chi connectivity index (χ3n) is 2.57. The quantitative estimate of drug-likeness (QED) is 0.710. The summed E-state index contributed by atoms with van der Waals surface area (Å²) in [5.41, 5.74) is 7.55. The summed E-state index contributed by atoms with van der Waals surface area (Å²) in [5, 5.41) is 9.50. The first-order valence-corrected chi connectivity index (χ1v) is 6.02. The third-order valence-corrected chi connectivity index (χ3v) is 2.57. The fourth-order valence-corrected chi connectivity index (χ4v) is 1.68. The summed E-state index contributed by atoms with van der Waals surface area (Å²) in [7, 11) is 0. The smallest absolute Gasteiger partial charge is 0.253 e. The van der Waals surface area contributed by atoms with Gasteiger partial charge in [-0.3, -0.25) is 4.79 Å². The number of hydrogen-bond acceptors (Lipinski definition) is 5. The van der Waals surface area contributed by atoms with Crippen molar-refractivity contribution in [2.75, 3.05) is 17.6 Å². The fraction of sp³-hybridized carbons (Fsp3) is 0.231. The van der Waals surface area contributed by atoms with Crippen LogP contribution in [0.15, 0.2) is 35.0 Å². The van der Waals surface area contributed by atoms with E-state index >= 15 is 0 Å². The van der Waals surface area contributed by atoms with Crippen molar-refractivity contribution in [1.29, 1.82) is 0 Å². The first-order valence-electron chi connectivity index (χ1n) is 6.02. The van der Waals surface area contributed by atoms with Crippen LogP contribution >= 0.6 is 0 Å². The highest BCUT2D eigenvalue weighted by atomic mass is 16.5. The first kappa shape index (κ1) is 12.9. The van der Waals surface area contributed by atoms with Crippen molar-refractivity contribution in [1.82, 2.24) is 10.5 Å². The minimum atomic E-state index is -0.137. The van der Waals surface area contributed by atoms with Crippen LogP contribution in [0.25, 0.3) is 0 Å². The van der Waals surface area contributed by atoms with Crippen LogP contribution in [0, 0.1) is 0 Å². The highest BCUT2D eigenvalue weighted by molar-refractivity contribution is 6.00.